The molecule has 0 radical (unpaired) electrons. The number of nitrogens with zero attached hydrogens (tertiary/aromatic N) is 3. The van der Waals surface area contributed by atoms with Gasteiger partial charge in [0.15, 0.2) is 0 Å². The third-order valence-corrected chi connectivity index (χ3v) is 12.5. The normalized spacial score (nSPS) is 18.3. The quantitative estimate of drug-likeness (QED) is 0.0371. The number of anilines is 4. The number of imide groups is 2. The van der Waals surface area contributed by atoms with E-state index in [9.17, 15) is 37.5 Å². The Labute approximate surface area is 385 Å². The highest BCUT2D eigenvalue weighted by Gasteiger charge is 2.44. The van der Waals surface area contributed by atoms with Crippen LogP contribution >= 0.6 is 0 Å². The molecule has 0 saturated carbocycles. The molecule has 4 aliphatic heterocycles. The maximum atomic E-state index is 13.9. The molecule has 6 amide bonds. The second-order valence-electron chi connectivity index (χ2n) is 17.2. The Morgan fingerprint density at radius 2 is 1.57 bits per heavy atom. The summed E-state index contributed by atoms with van der Waals surface area (Å²) in [5.74, 6) is -4.09. The third-order valence-electron chi connectivity index (χ3n) is 12.5. The van der Waals surface area contributed by atoms with E-state index >= 15 is 0 Å². The molecule has 0 aromatic heterocycles. The number of halogens is 2. The zero-order chi connectivity index (χ0) is 47.2. The average molecular weight is 921 g/mol. The number of ether oxygens (including phenoxy) is 1. The van der Waals surface area contributed by atoms with Crippen molar-refractivity contribution in [2.75, 3.05) is 80.3 Å². The lowest BCUT2D eigenvalue weighted by Gasteiger charge is -2.36. The second kappa shape index (κ2) is 20.7. The summed E-state index contributed by atoms with van der Waals surface area (Å²) in [6.07, 6.45) is 1.53. The number of piperidine rings is 1. The van der Waals surface area contributed by atoms with Crippen LogP contribution in [0.15, 0.2) is 72.8 Å². The molecule has 352 valence electrons. The summed E-state index contributed by atoms with van der Waals surface area (Å²) in [6, 6.07) is 18.0. The summed E-state index contributed by atoms with van der Waals surface area (Å²) < 4.78 is 33.3. The van der Waals surface area contributed by atoms with E-state index in [1.807, 2.05) is 12.1 Å². The Morgan fingerprint density at radius 1 is 0.821 bits per heavy atom. The minimum atomic E-state index is -1.03. The van der Waals surface area contributed by atoms with Gasteiger partial charge in [-0.3, -0.25) is 43.9 Å². The molecule has 3 saturated heterocycles. The van der Waals surface area contributed by atoms with Crippen molar-refractivity contribution in [1.29, 1.82) is 0 Å². The number of benzene rings is 4. The molecule has 17 nitrogen and oxygen atoms in total. The number of nitrogens with one attached hydrogen (secondary N) is 5. The minimum Gasteiger partial charge on any atom is -0.398 e. The molecule has 2 atom stereocenters. The Hall–Kier alpha value is -6.96. The van der Waals surface area contributed by atoms with Gasteiger partial charge in [-0.1, -0.05) is 6.07 Å². The third kappa shape index (κ3) is 11.2. The zero-order valence-corrected chi connectivity index (χ0v) is 36.9. The van der Waals surface area contributed by atoms with Crippen LogP contribution in [0.3, 0.4) is 0 Å². The number of nitrogen functional groups attached to an aromatic ring is 1. The summed E-state index contributed by atoms with van der Waals surface area (Å²) in [4.78, 5) is 82.2. The van der Waals surface area contributed by atoms with Crippen LogP contribution in [-0.4, -0.2) is 116 Å². The highest BCUT2D eigenvalue weighted by molar-refractivity contribution is 6.23. The fourth-order valence-corrected chi connectivity index (χ4v) is 8.91. The molecule has 3 fully saturated rings. The van der Waals surface area contributed by atoms with Crippen LogP contribution in [0, 0.1) is 11.6 Å². The van der Waals surface area contributed by atoms with Gasteiger partial charge in [-0.15, -0.1) is 0 Å². The summed E-state index contributed by atoms with van der Waals surface area (Å²) in [5, 5.41) is 14.8. The van der Waals surface area contributed by atoms with E-state index in [1.165, 1.54) is 12.1 Å². The van der Waals surface area contributed by atoms with Gasteiger partial charge in [-0.2, -0.15) is 0 Å². The summed E-state index contributed by atoms with van der Waals surface area (Å²) in [6.45, 7) is 4.95. The van der Waals surface area contributed by atoms with E-state index in [-0.39, 0.29) is 48.9 Å². The lowest BCUT2D eigenvalue weighted by Crippen LogP contribution is -2.54. The number of hydrogen-bond donors (Lipinski definition) is 7. The van der Waals surface area contributed by atoms with Crippen molar-refractivity contribution in [1.82, 2.24) is 25.8 Å². The first kappa shape index (κ1) is 46.6. The zero-order valence-electron chi connectivity index (χ0n) is 36.9. The monoisotopic (exact) mass is 920 g/mol. The summed E-state index contributed by atoms with van der Waals surface area (Å²) in [5.41, 5.74) is 17.8. The average Bonchev–Trinajstić information content (AvgIpc) is 3.54. The van der Waals surface area contributed by atoms with E-state index < -0.39 is 53.4 Å². The van der Waals surface area contributed by atoms with E-state index in [2.05, 4.69) is 36.4 Å². The molecule has 2 unspecified atom stereocenters. The molecule has 4 aromatic rings. The van der Waals surface area contributed by atoms with Gasteiger partial charge in [-0.25, -0.2) is 8.78 Å². The van der Waals surface area contributed by atoms with Gasteiger partial charge in [0.1, 0.15) is 23.8 Å². The molecule has 4 aliphatic rings. The number of fused-ring (bicyclic) bond motifs is 1. The van der Waals surface area contributed by atoms with Gasteiger partial charge in [0, 0.05) is 99.3 Å². The van der Waals surface area contributed by atoms with Crippen molar-refractivity contribution in [3.05, 3.63) is 118 Å². The van der Waals surface area contributed by atoms with Crippen molar-refractivity contribution in [2.45, 2.75) is 56.8 Å². The van der Waals surface area contributed by atoms with Gasteiger partial charge in [0.05, 0.1) is 23.2 Å². The van der Waals surface area contributed by atoms with Crippen molar-refractivity contribution >= 4 is 58.2 Å². The summed E-state index contributed by atoms with van der Waals surface area (Å²) >= 11 is 0. The lowest BCUT2D eigenvalue weighted by molar-refractivity contribution is -0.136. The fourth-order valence-electron chi connectivity index (χ4n) is 8.91. The molecule has 0 aliphatic carbocycles. The van der Waals surface area contributed by atoms with Gasteiger partial charge in [0.25, 0.3) is 17.7 Å². The topological polar surface area (TPSA) is 234 Å². The Kier molecular flexibility index (Phi) is 14.4. The Bertz CT molecular complexity index is 2540. The van der Waals surface area contributed by atoms with E-state index in [4.69, 9.17) is 16.2 Å². The predicted octanol–water partition coefficient (Wildman–Crippen LogP) is 3.26. The van der Waals surface area contributed by atoms with Crippen LogP contribution in [0.4, 0.5) is 31.5 Å². The number of amides is 6. The van der Waals surface area contributed by atoms with E-state index in [0.29, 0.717) is 98.2 Å². The Balaban J connectivity index is 0.810. The molecule has 0 spiro atoms. The number of carbonyl (C=O) groups excluding carboxylic acids is 6. The first-order valence-electron chi connectivity index (χ1n) is 22.5. The van der Waals surface area contributed by atoms with E-state index in [0.717, 1.165) is 29.5 Å². The van der Waals surface area contributed by atoms with Crippen molar-refractivity contribution in [2.24, 2.45) is 5.73 Å². The van der Waals surface area contributed by atoms with Gasteiger partial charge in [-0.05, 0) is 104 Å². The van der Waals surface area contributed by atoms with Gasteiger partial charge < -0.3 is 42.4 Å². The number of rotatable bonds is 16. The maximum absolute atomic E-state index is 13.9. The number of piperazine rings is 1. The largest absolute Gasteiger partial charge is 0.398 e. The first-order valence-corrected chi connectivity index (χ1v) is 22.5. The molecule has 9 N–H and O–H groups in total. The molecule has 4 aromatic carbocycles. The van der Waals surface area contributed by atoms with Crippen LogP contribution in [0.1, 0.15) is 86.0 Å². The maximum Gasteiger partial charge on any atom is 0.262 e. The smallest absolute Gasteiger partial charge is 0.262 e. The second-order valence-corrected chi connectivity index (χ2v) is 17.2. The molecule has 19 heteroatoms. The highest BCUT2D eigenvalue weighted by Crippen LogP contribution is 2.31. The van der Waals surface area contributed by atoms with Crippen LogP contribution in [0.2, 0.25) is 0 Å². The fraction of sp³-hybridized carbons (Fsp3) is 0.375. The molecule has 8 rings (SSSR count). The van der Waals surface area contributed by atoms with Gasteiger partial charge >= 0.3 is 0 Å². The van der Waals surface area contributed by atoms with Crippen LogP contribution < -0.4 is 43.0 Å². The highest BCUT2D eigenvalue weighted by atomic mass is 19.1. The van der Waals surface area contributed by atoms with Gasteiger partial charge in [0.2, 0.25) is 17.7 Å². The molecular formula is C48H54F2N10O7. The number of nitrogens with two attached hydrogens (primary N) is 2. The lowest BCUT2D eigenvalue weighted by atomic mass is 10.00. The molecule has 0 bridgehead atoms. The predicted molar refractivity (Wildman–Crippen MR) is 246 cm³/mol. The van der Waals surface area contributed by atoms with Crippen LogP contribution in [0.25, 0.3) is 0 Å². The van der Waals surface area contributed by atoms with Crippen LogP contribution in [-0.2, 0) is 25.5 Å². The number of hydrogen-bond acceptors (Lipinski definition) is 13. The van der Waals surface area contributed by atoms with Crippen molar-refractivity contribution < 1.29 is 42.3 Å². The summed E-state index contributed by atoms with van der Waals surface area (Å²) in [7, 11) is 0. The minimum absolute atomic E-state index is 0.0460. The Morgan fingerprint density at radius 3 is 2.31 bits per heavy atom. The molecular weight excluding hydrogens is 867 g/mol. The van der Waals surface area contributed by atoms with Crippen molar-refractivity contribution in [3.63, 3.8) is 0 Å². The first-order chi connectivity index (χ1) is 32.3. The standard InChI is InChI=1S/C48H54F2N10O7/c49-30-21-29(22-31(50)24-30)20-28-2-7-39(51)38(23-28)44(52)57-45(63)36-6-4-34(26-40(36)55-32-10-18-67-19-11-32)59-16-14-58(15-17-59)27-43(62)54-13-1-12-53-33-3-5-35-37(25-33)48(66)60(47(35)65)41-8-9-42(61)56-46(41)64/h2-7,21-26,32,41,44,53,55H,1,8-20,27,51-52H2,(H,54,62)(H,57,63)(H,56,61,64). The van der Waals surface area contributed by atoms with Crippen LogP contribution in [0.5, 0.6) is 0 Å². The SMILES string of the molecule is Nc1ccc(Cc2cc(F)cc(F)c2)cc1C(N)NC(=O)c1ccc(N2CCN(CC(=O)NCCCNc3ccc4c(c3)C(=O)N(C3CCC(=O)NC3=O)C4=O)CC2)cc1NC1CCOCC1. The van der Waals surface area contributed by atoms with Crippen molar-refractivity contribution in [3.8, 4) is 0 Å². The van der Waals surface area contributed by atoms with E-state index in [1.54, 1.807) is 42.5 Å². The molecule has 4 heterocycles. The number of carbonyl (C=O) groups is 6. The molecule has 67 heavy (non-hydrogen) atoms.